The molecule has 4 rings (SSSR count). The Morgan fingerprint density at radius 2 is 1.85 bits per heavy atom. The summed E-state index contributed by atoms with van der Waals surface area (Å²) in [6.45, 7) is 1.87. The van der Waals surface area contributed by atoms with Gasteiger partial charge in [0.1, 0.15) is 24.6 Å². The fourth-order valence-corrected chi connectivity index (χ4v) is 5.02. The Balaban J connectivity index is 1.54. The lowest BCUT2D eigenvalue weighted by Gasteiger charge is -2.47. The summed E-state index contributed by atoms with van der Waals surface area (Å²) >= 11 is 0. The van der Waals surface area contributed by atoms with Gasteiger partial charge in [0.15, 0.2) is 5.79 Å². The highest BCUT2D eigenvalue weighted by Gasteiger charge is 2.60. The summed E-state index contributed by atoms with van der Waals surface area (Å²) < 4.78 is 30.3. The minimum atomic E-state index is -0.578. The van der Waals surface area contributed by atoms with Crippen LogP contribution in [0.4, 0.5) is 0 Å². The van der Waals surface area contributed by atoms with Crippen LogP contribution in [0, 0.1) is 5.92 Å². The SMILES string of the molecule is COC(=O)C[C@H]1CC[C@@H]2O[C@@H]([C@H](C)C=O)C3OC4(CCCCC4)O[C@H]3[C@H]2O1. The van der Waals surface area contributed by atoms with Gasteiger partial charge in [-0.25, -0.2) is 0 Å². The van der Waals surface area contributed by atoms with Gasteiger partial charge in [0, 0.05) is 18.8 Å². The van der Waals surface area contributed by atoms with Crippen molar-refractivity contribution in [3.05, 3.63) is 0 Å². The smallest absolute Gasteiger partial charge is 0.308 e. The summed E-state index contributed by atoms with van der Waals surface area (Å²) in [6.07, 6.45) is 6.20. The molecule has 3 saturated heterocycles. The molecule has 1 saturated carbocycles. The molecule has 1 unspecified atom stereocenters. The number of hydrogen-bond donors (Lipinski definition) is 0. The number of rotatable bonds is 4. The maximum atomic E-state index is 11.7. The van der Waals surface area contributed by atoms with Crippen LogP contribution < -0.4 is 0 Å². The molecule has 0 aromatic carbocycles. The molecule has 4 fully saturated rings. The minimum absolute atomic E-state index is 0.144. The third kappa shape index (κ3) is 3.67. The zero-order valence-electron chi connectivity index (χ0n) is 16.1. The van der Waals surface area contributed by atoms with Crippen LogP contribution in [0.15, 0.2) is 0 Å². The average molecular weight is 382 g/mol. The first-order valence-electron chi connectivity index (χ1n) is 10.2. The quantitative estimate of drug-likeness (QED) is 0.544. The summed E-state index contributed by atoms with van der Waals surface area (Å²) in [4.78, 5) is 23.1. The van der Waals surface area contributed by atoms with Crippen LogP contribution in [0.25, 0.3) is 0 Å². The highest BCUT2D eigenvalue weighted by Crippen LogP contribution is 2.48. The fraction of sp³-hybridized carbons (Fsp3) is 0.900. The van der Waals surface area contributed by atoms with E-state index in [1.807, 2.05) is 6.92 Å². The van der Waals surface area contributed by atoms with Crippen molar-refractivity contribution in [2.45, 2.75) is 101 Å². The fourth-order valence-electron chi connectivity index (χ4n) is 5.02. The molecule has 7 nitrogen and oxygen atoms in total. The minimum Gasteiger partial charge on any atom is -0.469 e. The molecule has 0 bridgehead atoms. The second-order valence-corrected chi connectivity index (χ2v) is 8.35. The van der Waals surface area contributed by atoms with Gasteiger partial charge in [0.2, 0.25) is 0 Å². The number of hydrogen-bond acceptors (Lipinski definition) is 7. The Kier molecular flexibility index (Phi) is 5.56. The number of aldehydes is 1. The molecule has 0 radical (unpaired) electrons. The van der Waals surface area contributed by atoms with Gasteiger partial charge in [-0.15, -0.1) is 0 Å². The Labute approximate surface area is 160 Å². The molecule has 7 atom stereocenters. The van der Waals surface area contributed by atoms with Crippen molar-refractivity contribution in [2.75, 3.05) is 7.11 Å². The zero-order chi connectivity index (χ0) is 19.0. The van der Waals surface area contributed by atoms with Gasteiger partial charge in [-0.1, -0.05) is 13.3 Å². The van der Waals surface area contributed by atoms with Gasteiger partial charge in [-0.3, -0.25) is 4.79 Å². The monoisotopic (exact) mass is 382 g/mol. The lowest BCUT2D eigenvalue weighted by molar-refractivity contribution is -0.245. The molecular weight excluding hydrogens is 352 g/mol. The molecule has 0 amide bonds. The topological polar surface area (TPSA) is 80.3 Å². The van der Waals surface area contributed by atoms with Crippen LogP contribution in [-0.2, 0) is 33.3 Å². The number of esters is 1. The molecule has 152 valence electrons. The van der Waals surface area contributed by atoms with Crippen LogP contribution in [0.2, 0.25) is 0 Å². The van der Waals surface area contributed by atoms with Crippen molar-refractivity contribution in [1.82, 2.24) is 0 Å². The van der Waals surface area contributed by atoms with E-state index in [0.717, 1.165) is 44.8 Å². The number of fused-ring (bicyclic) bond motifs is 3. The Morgan fingerprint density at radius 1 is 1.11 bits per heavy atom. The van der Waals surface area contributed by atoms with E-state index in [1.165, 1.54) is 13.5 Å². The van der Waals surface area contributed by atoms with Gasteiger partial charge in [0.25, 0.3) is 0 Å². The number of ether oxygens (including phenoxy) is 5. The second kappa shape index (κ2) is 7.78. The highest BCUT2D eigenvalue weighted by molar-refractivity contribution is 5.69. The van der Waals surface area contributed by atoms with Crippen LogP contribution >= 0.6 is 0 Å². The molecule has 0 aromatic rings. The van der Waals surface area contributed by atoms with Gasteiger partial charge in [-0.05, 0) is 25.7 Å². The maximum absolute atomic E-state index is 11.7. The van der Waals surface area contributed by atoms with E-state index in [-0.39, 0.29) is 54.9 Å². The van der Waals surface area contributed by atoms with E-state index < -0.39 is 5.79 Å². The van der Waals surface area contributed by atoms with E-state index in [0.29, 0.717) is 0 Å². The predicted molar refractivity (Wildman–Crippen MR) is 94.0 cm³/mol. The second-order valence-electron chi connectivity index (χ2n) is 8.35. The van der Waals surface area contributed by atoms with Crippen molar-refractivity contribution in [1.29, 1.82) is 0 Å². The van der Waals surface area contributed by atoms with E-state index in [4.69, 9.17) is 23.7 Å². The lowest BCUT2D eigenvalue weighted by Crippen LogP contribution is -2.61. The normalized spacial score (nSPS) is 41.4. The summed E-state index contributed by atoms with van der Waals surface area (Å²) in [5, 5.41) is 0. The van der Waals surface area contributed by atoms with Crippen molar-refractivity contribution < 1.29 is 33.3 Å². The summed E-state index contributed by atoms with van der Waals surface area (Å²) in [7, 11) is 1.39. The first kappa shape index (κ1) is 19.3. The number of carbonyl (C=O) groups excluding carboxylic acids is 2. The van der Waals surface area contributed by atoms with Crippen molar-refractivity contribution in [3.63, 3.8) is 0 Å². The lowest BCUT2D eigenvalue weighted by atomic mass is 9.85. The van der Waals surface area contributed by atoms with Gasteiger partial charge >= 0.3 is 5.97 Å². The zero-order valence-corrected chi connectivity index (χ0v) is 16.1. The van der Waals surface area contributed by atoms with Crippen LogP contribution in [0.1, 0.15) is 58.3 Å². The molecule has 27 heavy (non-hydrogen) atoms. The van der Waals surface area contributed by atoms with Crippen molar-refractivity contribution >= 4 is 12.3 Å². The van der Waals surface area contributed by atoms with Crippen molar-refractivity contribution in [2.24, 2.45) is 5.92 Å². The van der Waals surface area contributed by atoms with Crippen LogP contribution in [-0.4, -0.2) is 61.8 Å². The molecule has 0 aromatic heterocycles. The standard InChI is InChI=1S/C20H30O7/c1-12(11-21)16-18-19(27-20(26-18)8-4-3-5-9-20)17-14(25-16)7-6-13(24-17)10-15(22)23-2/h11-14,16-19H,3-10H2,1-2H3/t12-,13-,14+,16+,17+,18?,19+/m1/s1. The van der Waals surface area contributed by atoms with E-state index in [1.54, 1.807) is 0 Å². The summed E-state index contributed by atoms with van der Waals surface area (Å²) in [5.41, 5.74) is 0. The van der Waals surface area contributed by atoms with Gasteiger partial charge in [-0.2, -0.15) is 0 Å². The molecule has 1 aliphatic carbocycles. The van der Waals surface area contributed by atoms with Crippen LogP contribution in [0.5, 0.6) is 0 Å². The summed E-state index contributed by atoms with van der Waals surface area (Å²) in [5.74, 6) is -1.12. The Bertz CT molecular complexity index is 559. The molecule has 7 heteroatoms. The molecule has 4 aliphatic rings. The summed E-state index contributed by atoms with van der Waals surface area (Å²) in [6, 6.07) is 0. The first-order chi connectivity index (χ1) is 13.0. The number of methoxy groups -OCH3 is 1. The van der Waals surface area contributed by atoms with Crippen LogP contribution in [0.3, 0.4) is 0 Å². The predicted octanol–water partition coefficient (Wildman–Crippen LogP) is 2.14. The van der Waals surface area contributed by atoms with Gasteiger partial charge < -0.3 is 28.5 Å². The van der Waals surface area contributed by atoms with Gasteiger partial charge in [0.05, 0.1) is 31.8 Å². The molecule has 1 spiro atoms. The third-order valence-electron chi connectivity index (χ3n) is 6.46. The molecule has 3 aliphatic heterocycles. The average Bonchev–Trinajstić information content (AvgIpc) is 3.06. The van der Waals surface area contributed by atoms with E-state index in [2.05, 4.69) is 0 Å². The molecule has 3 heterocycles. The number of carbonyl (C=O) groups is 2. The molecular formula is C20H30O7. The third-order valence-corrected chi connectivity index (χ3v) is 6.46. The van der Waals surface area contributed by atoms with Crippen molar-refractivity contribution in [3.8, 4) is 0 Å². The Morgan fingerprint density at radius 3 is 2.56 bits per heavy atom. The molecule has 0 N–H and O–H groups in total. The largest absolute Gasteiger partial charge is 0.469 e. The maximum Gasteiger partial charge on any atom is 0.308 e. The van der Waals surface area contributed by atoms with E-state index >= 15 is 0 Å². The highest BCUT2D eigenvalue weighted by atomic mass is 16.8. The Hall–Kier alpha value is -1.02. The van der Waals surface area contributed by atoms with E-state index in [9.17, 15) is 9.59 Å². The first-order valence-corrected chi connectivity index (χ1v) is 10.2.